The molecule has 1 aromatic heterocycles. The van der Waals surface area contributed by atoms with Gasteiger partial charge in [0.1, 0.15) is 11.9 Å². The number of nitrogens with one attached hydrogen (secondary N) is 3. The summed E-state index contributed by atoms with van der Waals surface area (Å²) in [6.07, 6.45) is 0.496. The van der Waals surface area contributed by atoms with Crippen LogP contribution in [-0.2, 0) is 4.79 Å². The van der Waals surface area contributed by atoms with Crippen molar-refractivity contribution in [1.82, 2.24) is 15.3 Å². The van der Waals surface area contributed by atoms with Gasteiger partial charge >= 0.3 is 0 Å². The number of anilines is 1. The van der Waals surface area contributed by atoms with Crippen molar-refractivity contribution in [3.63, 3.8) is 0 Å². The predicted molar refractivity (Wildman–Crippen MR) is 126 cm³/mol. The average Bonchev–Trinajstić information content (AvgIpc) is 2.72. The minimum atomic E-state index is -0.692. The number of hydrogen-bond donors (Lipinski definition) is 3. The van der Waals surface area contributed by atoms with Crippen LogP contribution in [-0.4, -0.2) is 27.8 Å². The van der Waals surface area contributed by atoms with E-state index in [2.05, 4.69) is 20.6 Å². The highest BCUT2D eigenvalue weighted by Gasteiger charge is 2.23. The normalized spacial score (nSPS) is 11.8. The highest BCUT2D eigenvalue weighted by atomic mass is 16.2. The Labute approximate surface area is 187 Å². The van der Waals surface area contributed by atoms with Crippen molar-refractivity contribution >= 4 is 17.5 Å². The number of aromatic nitrogens is 2. The molecule has 3 N–H and O–H groups in total. The van der Waals surface area contributed by atoms with Crippen LogP contribution >= 0.6 is 0 Å². The van der Waals surface area contributed by atoms with Crippen molar-refractivity contribution in [3.8, 4) is 11.4 Å². The number of aryl methyl sites for hydroxylation is 2. The minimum absolute atomic E-state index is 0.204. The molecule has 2 amide bonds. The molecule has 1 unspecified atom stereocenters. The summed E-state index contributed by atoms with van der Waals surface area (Å²) < 4.78 is 0. The van der Waals surface area contributed by atoms with Crippen molar-refractivity contribution in [2.45, 2.75) is 40.2 Å². The minimum Gasteiger partial charge on any atom is -0.340 e. The Morgan fingerprint density at radius 3 is 2.47 bits per heavy atom. The van der Waals surface area contributed by atoms with Crippen LogP contribution in [0.3, 0.4) is 0 Å². The van der Waals surface area contributed by atoms with Crippen molar-refractivity contribution in [1.29, 1.82) is 0 Å². The summed E-state index contributed by atoms with van der Waals surface area (Å²) in [6.45, 7) is 7.61. The Kier molecular flexibility index (Phi) is 7.20. The SMILES string of the molecule is Cc1cc(=O)[nH]c(-c2cccc(NC(=O)C(CC(C)C)NC(=O)c3ccccc3C)c2)n1. The van der Waals surface area contributed by atoms with Crippen LogP contribution in [0.2, 0.25) is 0 Å². The first-order chi connectivity index (χ1) is 15.2. The lowest BCUT2D eigenvalue weighted by Gasteiger charge is -2.21. The zero-order valence-corrected chi connectivity index (χ0v) is 18.7. The number of carbonyl (C=O) groups is 2. The van der Waals surface area contributed by atoms with Gasteiger partial charge in [0.05, 0.1) is 0 Å². The third-order valence-electron chi connectivity index (χ3n) is 4.99. The highest BCUT2D eigenvalue weighted by Crippen LogP contribution is 2.20. The molecule has 1 atom stereocenters. The molecule has 0 aliphatic heterocycles. The Bertz CT molecular complexity index is 1180. The quantitative estimate of drug-likeness (QED) is 0.528. The first-order valence-corrected chi connectivity index (χ1v) is 10.6. The van der Waals surface area contributed by atoms with Gasteiger partial charge in [-0.1, -0.05) is 44.2 Å². The fraction of sp³-hybridized carbons (Fsp3) is 0.280. The molecule has 166 valence electrons. The van der Waals surface area contributed by atoms with Gasteiger partial charge in [0.15, 0.2) is 0 Å². The zero-order chi connectivity index (χ0) is 23.3. The molecule has 0 saturated carbocycles. The number of carbonyl (C=O) groups excluding carboxylic acids is 2. The van der Waals surface area contributed by atoms with Gasteiger partial charge in [-0.2, -0.15) is 0 Å². The van der Waals surface area contributed by atoms with E-state index in [9.17, 15) is 14.4 Å². The molecule has 0 aliphatic rings. The Morgan fingerprint density at radius 2 is 1.78 bits per heavy atom. The number of benzene rings is 2. The number of hydrogen-bond acceptors (Lipinski definition) is 4. The number of rotatable bonds is 7. The second-order valence-corrected chi connectivity index (χ2v) is 8.28. The fourth-order valence-electron chi connectivity index (χ4n) is 3.46. The summed E-state index contributed by atoms with van der Waals surface area (Å²) in [6, 6.07) is 15.1. The lowest BCUT2D eigenvalue weighted by atomic mass is 10.0. The van der Waals surface area contributed by atoms with Crippen LogP contribution in [0.5, 0.6) is 0 Å². The lowest BCUT2D eigenvalue weighted by molar-refractivity contribution is -0.118. The predicted octanol–water partition coefficient (Wildman–Crippen LogP) is 3.84. The van der Waals surface area contributed by atoms with E-state index >= 15 is 0 Å². The molecule has 7 nitrogen and oxygen atoms in total. The highest BCUT2D eigenvalue weighted by molar-refractivity contribution is 6.02. The maximum absolute atomic E-state index is 13.1. The molecule has 0 bridgehead atoms. The van der Waals surface area contributed by atoms with E-state index in [0.717, 1.165) is 5.56 Å². The van der Waals surface area contributed by atoms with E-state index in [4.69, 9.17) is 0 Å². The molecule has 3 aromatic rings. The number of nitrogens with zero attached hydrogens (tertiary/aromatic N) is 1. The molecular formula is C25H28N4O3. The topological polar surface area (TPSA) is 104 Å². The second-order valence-electron chi connectivity index (χ2n) is 8.28. The molecule has 32 heavy (non-hydrogen) atoms. The summed E-state index contributed by atoms with van der Waals surface area (Å²) in [5.74, 6) is 0.0520. The third-order valence-corrected chi connectivity index (χ3v) is 4.99. The van der Waals surface area contributed by atoms with E-state index in [1.807, 2.05) is 32.9 Å². The Balaban J connectivity index is 1.80. The second kappa shape index (κ2) is 10.0. The first kappa shape index (κ1) is 22.9. The summed E-state index contributed by atoms with van der Waals surface area (Å²) in [4.78, 5) is 44.7. The maximum atomic E-state index is 13.1. The molecule has 3 rings (SSSR count). The molecule has 1 heterocycles. The standard InChI is InChI=1S/C25H28N4O3/c1-15(2)12-21(28-24(31)20-11-6-5-8-16(20)3)25(32)27-19-10-7-9-18(14-19)23-26-17(4)13-22(30)29-23/h5-11,13-15,21H,12H2,1-4H3,(H,27,32)(H,28,31)(H,26,29,30). The van der Waals surface area contributed by atoms with Gasteiger partial charge in [-0.25, -0.2) is 4.98 Å². The molecule has 0 fully saturated rings. The monoisotopic (exact) mass is 432 g/mol. The van der Waals surface area contributed by atoms with Gasteiger partial charge in [-0.05, 0) is 49.9 Å². The van der Waals surface area contributed by atoms with E-state index in [1.54, 1.807) is 43.3 Å². The van der Waals surface area contributed by atoms with Gasteiger partial charge in [0.25, 0.3) is 11.5 Å². The van der Waals surface area contributed by atoms with Gasteiger partial charge in [0, 0.05) is 28.6 Å². The number of H-pyrrole nitrogens is 1. The van der Waals surface area contributed by atoms with E-state index in [0.29, 0.717) is 34.8 Å². The van der Waals surface area contributed by atoms with Crippen molar-refractivity contribution in [2.75, 3.05) is 5.32 Å². The maximum Gasteiger partial charge on any atom is 0.252 e. The molecule has 2 aromatic carbocycles. The van der Waals surface area contributed by atoms with Crippen molar-refractivity contribution < 1.29 is 9.59 Å². The summed E-state index contributed by atoms with van der Waals surface area (Å²) in [5, 5.41) is 5.76. The van der Waals surface area contributed by atoms with Crippen molar-refractivity contribution in [2.24, 2.45) is 5.92 Å². The van der Waals surface area contributed by atoms with Gasteiger partial charge < -0.3 is 15.6 Å². The molecule has 0 aliphatic carbocycles. The molecular weight excluding hydrogens is 404 g/mol. The molecule has 0 radical (unpaired) electrons. The largest absolute Gasteiger partial charge is 0.340 e. The first-order valence-electron chi connectivity index (χ1n) is 10.6. The lowest BCUT2D eigenvalue weighted by Crippen LogP contribution is -2.44. The Hall–Kier alpha value is -3.74. The molecule has 0 saturated heterocycles. The summed E-state index contributed by atoms with van der Waals surface area (Å²) in [5.41, 5.74) is 2.99. The summed E-state index contributed by atoms with van der Waals surface area (Å²) in [7, 11) is 0. The van der Waals surface area contributed by atoms with Crippen LogP contribution < -0.4 is 16.2 Å². The fourth-order valence-corrected chi connectivity index (χ4v) is 3.46. The van der Waals surface area contributed by atoms with Gasteiger partial charge in [0.2, 0.25) is 5.91 Å². The van der Waals surface area contributed by atoms with Crippen LogP contribution in [0.1, 0.15) is 41.9 Å². The molecule has 0 spiro atoms. The number of amides is 2. The molecule has 7 heteroatoms. The van der Waals surface area contributed by atoms with Crippen LogP contribution in [0.15, 0.2) is 59.4 Å². The zero-order valence-electron chi connectivity index (χ0n) is 18.7. The summed E-state index contributed by atoms with van der Waals surface area (Å²) >= 11 is 0. The van der Waals surface area contributed by atoms with Gasteiger partial charge in [-0.3, -0.25) is 14.4 Å². The van der Waals surface area contributed by atoms with Crippen molar-refractivity contribution in [3.05, 3.63) is 81.8 Å². The average molecular weight is 433 g/mol. The van der Waals surface area contributed by atoms with E-state index in [-0.39, 0.29) is 23.3 Å². The van der Waals surface area contributed by atoms with Crippen LogP contribution in [0.4, 0.5) is 5.69 Å². The Morgan fingerprint density at radius 1 is 1.03 bits per heavy atom. The third kappa shape index (κ3) is 5.91. The number of aromatic amines is 1. The van der Waals surface area contributed by atoms with E-state index < -0.39 is 6.04 Å². The van der Waals surface area contributed by atoms with Gasteiger partial charge in [-0.15, -0.1) is 0 Å². The smallest absolute Gasteiger partial charge is 0.252 e. The van der Waals surface area contributed by atoms with Crippen LogP contribution in [0.25, 0.3) is 11.4 Å². The van der Waals surface area contributed by atoms with Crippen LogP contribution in [0, 0.1) is 19.8 Å². The van der Waals surface area contributed by atoms with E-state index in [1.165, 1.54) is 6.07 Å².